The molecule has 5 heteroatoms. The molecule has 0 radical (unpaired) electrons. The van der Waals surface area contributed by atoms with Crippen LogP contribution in [0.15, 0.2) is 6.20 Å². The van der Waals surface area contributed by atoms with Gasteiger partial charge >= 0.3 is 0 Å². The second kappa shape index (κ2) is 3.77. The largest absolute Gasteiger partial charge is 0.252 e. The maximum Gasteiger partial charge on any atom is 0.252 e. The summed E-state index contributed by atoms with van der Waals surface area (Å²) in [6, 6.07) is 0. The third-order valence-corrected chi connectivity index (χ3v) is 2.51. The molecule has 2 aromatic rings. The fourth-order valence-corrected chi connectivity index (χ4v) is 1.76. The van der Waals surface area contributed by atoms with E-state index in [0.717, 1.165) is 17.9 Å². The molecular formula is C10H13ClN4. The Morgan fingerprint density at radius 3 is 2.73 bits per heavy atom. The van der Waals surface area contributed by atoms with Gasteiger partial charge in [0, 0.05) is 6.42 Å². The Morgan fingerprint density at radius 1 is 1.40 bits per heavy atom. The van der Waals surface area contributed by atoms with Crippen molar-refractivity contribution in [1.82, 2.24) is 19.6 Å². The second-order valence-corrected chi connectivity index (χ2v) is 4.16. The Kier molecular flexibility index (Phi) is 2.61. The molecule has 0 saturated heterocycles. The highest BCUT2D eigenvalue weighted by Crippen LogP contribution is 2.21. The fraction of sp³-hybridized carbons (Fsp3) is 0.500. The van der Waals surface area contributed by atoms with Gasteiger partial charge in [0.25, 0.3) is 5.78 Å². The van der Waals surface area contributed by atoms with E-state index in [9.17, 15) is 0 Å². The smallest absolute Gasteiger partial charge is 0.214 e. The van der Waals surface area contributed by atoms with Crippen LogP contribution in [0.2, 0.25) is 5.02 Å². The molecule has 0 atom stereocenters. The molecule has 0 aromatic carbocycles. The SMILES string of the molecule is CCc1nc2nc(C(C)C)c(Cl)cn2n1. The zero-order valence-electron chi connectivity index (χ0n) is 9.03. The van der Waals surface area contributed by atoms with Crippen LogP contribution in [0.5, 0.6) is 0 Å². The number of aromatic nitrogens is 4. The van der Waals surface area contributed by atoms with Gasteiger partial charge in [-0.1, -0.05) is 32.4 Å². The summed E-state index contributed by atoms with van der Waals surface area (Å²) < 4.78 is 1.63. The molecule has 0 aliphatic carbocycles. The van der Waals surface area contributed by atoms with E-state index in [2.05, 4.69) is 28.9 Å². The first-order valence-corrected chi connectivity index (χ1v) is 5.41. The van der Waals surface area contributed by atoms with Crippen LogP contribution in [0.4, 0.5) is 0 Å². The maximum atomic E-state index is 6.10. The molecule has 15 heavy (non-hydrogen) atoms. The van der Waals surface area contributed by atoms with Gasteiger partial charge in [-0.15, -0.1) is 5.10 Å². The summed E-state index contributed by atoms with van der Waals surface area (Å²) in [6.07, 6.45) is 2.57. The van der Waals surface area contributed by atoms with Crippen LogP contribution in [-0.4, -0.2) is 19.6 Å². The zero-order valence-corrected chi connectivity index (χ0v) is 9.78. The molecule has 0 bridgehead atoms. The summed E-state index contributed by atoms with van der Waals surface area (Å²) in [6.45, 7) is 6.13. The number of rotatable bonds is 2. The van der Waals surface area contributed by atoms with E-state index in [1.807, 2.05) is 6.92 Å². The third kappa shape index (κ3) is 1.81. The fourth-order valence-electron chi connectivity index (χ4n) is 1.41. The highest BCUT2D eigenvalue weighted by atomic mass is 35.5. The molecule has 2 aromatic heterocycles. The Bertz CT molecular complexity index is 489. The number of halogens is 1. The average Bonchev–Trinajstić information content (AvgIpc) is 2.58. The Labute approximate surface area is 93.3 Å². The average molecular weight is 225 g/mol. The molecule has 4 nitrogen and oxygen atoms in total. The molecule has 2 rings (SSSR count). The number of hydrogen-bond acceptors (Lipinski definition) is 3. The standard InChI is InChI=1S/C10H13ClN4/c1-4-8-12-10-13-9(6(2)3)7(11)5-15(10)14-8/h5-6H,4H2,1-3H3. The van der Waals surface area contributed by atoms with Crippen LogP contribution >= 0.6 is 11.6 Å². The highest BCUT2D eigenvalue weighted by Gasteiger charge is 2.11. The lowest BCUT2D eigenvalue weighted by Crippen LogP contribution is -1.99. The van der Waals surface area contributed by atoms with Gasteiger partial charge in [-0.05, 0) is 5.92 Å². The van der Waals surface area contributed by atoms with Crippen molar-refractivity contribution < 1.29 is 0 Å². The maximum absolute atomic E-state index is 6.10. The molecule has 0 fully saturated rings. The molecule has 0 saturated carbocycles. The van der Waals surface area contributed by atoms with E-state index in [4.69, 9.17) is 11.6 Å². The minimum absolute atomic E-state index is 0.296. The van der Waals surface area contributed by atoms with E-state index in [-0.39, 0.29) is 0 Å². The van der Waals surface area contributed by atoms with E-state index < -0.39 is 0 Å². The van der Waals surface area contributed by atoms with E-state index in [1.165, 1.54) is 0 Å². The van der Waals surface area contributed by atoms with Crippen molar-refractivity contribution in [2.24, 2.45) is 0 Å². The van der Waals surface area contributed by atoms with Crippen LogP contribution in [0.25, 0.3) is 5.78 Å². The minimum Gasteiger partial charge on any atom is -0.214 e. The molecule has 0 amide bonds. The van der Waals surface area contributed by atoms with Gasteiger partial charge in [0.2, 0.25) is 0 Å². The quantitative estimate of drug-likeness (QED) is 0.787. The van der Waals surface area contributed by atoms with Gasteiger partial charge in [-0.25, -0.2) is 9.50 Å². The van der Waals surface area contributed by atoms with Gasteiger partial charge in [0.05, 0.1) is 16.9 Å². The van der Waals surface area contributed by atoms with Crippen molar-refractivity contribution in [3.05, 3.63) is 22.7 Å². The number of hydrogen-bond donors (Lipinski definition) is 0. The lowest BCUT2D eigenvalue weighted by Gasteiger charge is -2.05. The highest BCUT2D eigenvalue weighted by molar-refractivity contribution is 6.31. The first kappa shape index (κ1) is 10.4. The monoisotopic (exact) mass is 224 g/mol. The van der Waals surface area contributed by atoms with Crippen molar-refractivity contribution in [2.45, 2.75) is 33.1 Å². The summed E-state index contributed by atoms with van der Waals surface area (Å²) in [4.78, 5) is 8.70. The minimum atomic E-state index is 0.296. The van der Waals surface area contributed by atoms with Crippen molar-refractivity contribution in [2.75, 3.05) is 0 Å². The molecular weight excluding hydrogens is 212 g/mol. The van der Waals surface area contributed by atoms with Crippen LogP contribution in [-0.2, 0) is 6.42 Å². The lowest BCUT2D eigenvalue weighted by atomic mass is 10.1. The predicted molar refractivity (Wildman–Crippen MR) is 59.3 cm³/mol. The number of aryl methyl sites for hydroxylation is 1. The van der Waals surface area contributed by atoms with Gasteiger partial charge in [0.1, 0.15) is 0 Å². The van der Waals surface area contributed by atoms with Crippen molar-refractivity contribution in [3.8, 4) is 0 Å². The topological polar surface area (TPSA) is 43.1 Å². The summed E-state index contributed by atoms with van der Waals surface area (Å²) >= 11 is 6.10. The molecule has 0 aliphatic rings. The van der Waals surface area contributed by atoms with Crippen molar-refractivity contribution in [1.29, 1.82) is 0 Å². The van der Waals surface area contributed by atoms with Crippen LogP contribution in [0, 0.1) is 0 Å². The van der Waals surface area contributed by atoms with E-state index in [1.54, 1.807) is 10.7 Å². The molecule has 0 unspecified atom stereocenters. The Morgan fingerprint density at radius 2 is 2.13 bits per heavy atom. The summed E-state index contributed by atoms with van der Waals surface area (Å²) in [5.41, 5.74) is 0.874. The second-order valence-electron chi connectivity index (χ2n) is 3.75. The first-order valence-electron chi connectivity index (χ1n) is 5.03. The zero-order chi connectivity index (χ0) is 11.0. The first-order chi connectivity index (χ1) is 7.11. The summed E-state index contributed by atoms with van der Waals surface area (Å²) in [5.74, 6) is 1.71. The van der Waals surface area contributed by atoms with Crippen molar-refractivity contribution >= 4 is 17.4 Å². The molecule has 0 N–H and O–H groups in total. The van der Waals surface area contributed by atoms with E-state index >= 15 is 0 Å². The molecule has 0 spiro atoms. The molecule has 0 aliphatic heterocycles. The van der Waals surface area contributed by atoms with Crippen LogP contribution < -0.4 is 0 Å². The van der Waals surface area contributed by atoms with Crippen molar-refractivity contribution in [3.63, 3.8) is 0 Å². The summed E-state index contributed by atoms with van der Waals surface area (Å²) in [7, 11) is 0. The normalized spacial score (nSPS) is 11.5. The molecule has 80 valence electrons. The Hall–Kier alpha value is -1.16. The number of nitrogens with zero attached hydrogens (tertiary/aromatic N) is 4. The third-order valence-electron chi connectivity index (χ3n) is 2.22. The number of fused-ring (bicyclic) bond motifs is 1. The lowest BCUT2D eigenvalue weighted by molar-refractivity contribution is 0.804. The predicted octanol–water partition coefficient (Wildman–Crippen LogP) is 2.46. The van der Waals surface area contributed by atoms with Crippen LogP contribution in [0.1, 0.15) is 38.2 Å². The van der Waals surface area contributed by atoms with E-state index in [0.29, 0.717) is 16.7 Å². The van der Waals surface area contributed by atoms with Gasteiger partial charge < -0.3 is 0 Å². The molecule has 2 heterocycles. The Balaban J connectivity index is 2.63. The van der Waals surface area contributed by atoms with Gasteiger partial charge in [0.15, 0.2) is 5.82 Å². The van der Waals surface area contributed by atoms with Crippen LogP contribution in [0.3, 0.4) is 0 Å². The van der Waals surface area contributed by atoms with Gasteiger partial charge in [-0.2, -0.15) is 4.98 Å². The summed E-state index contributed by atoms with van der Waals surface area (Å²) in [5, 5.41) is 4.89. The van der Waals surface area contributed by atoms with Gasteiger partial charge in [-0.3, -0.25) is 0 Å².